The van der Waals surface area contributed by atoms with E-state index in [1.54, 1.807) is 11.1 Å². The van der Waals surface area contributed by atoms with Gasteiger partial charge in [-0.15, -0.1) is 0 Å². The van der Waals surface area contributed by atoms with Crippen LogP contribution in [0.2, 0.25) is 0 Å². The highest BCUT2D eigenvalue weighted by atomic mass is 14.8. The van der Waals surface area contributed by atoms with Gasteiger partial charge < -0.3 is 5.32 Å². The molecular weight excluding hydrogens is 254 g/mol. The van der Waals surface area contributed by atoms with E-state index in [4.69, 9.17) is 0 Å². The average Bonchev–Trinajstić information content (AvgIpc) is 2.46. The van der Waals surface area contributed by atoms with Crippen molar-refractivity contribution >= 4 is 0 Å². The lowest BCUT2D eigenvalue weighted by Gasteiger charge is -2.16. The van der Waals surface area contributed by atoms with Crippen LogP contribution < -0.4 is 5.32 Å². The summed E-state index contributed by atoms with van der Waals surface area (Å²) < 4.78 is 0. The lowest BCUT2D eigenvalue weighted by molar-refractivity contribution is 0.597. The first-order chi connectivity index (χ1) is 10.1. The van der Waals surface area contributed by atoms with Gasteiger partial charge in [0.05, 0.1) is 0 Å². The molecule has 0 saturated heterocycles. The highest BCUT2D eigenvalue weighted by molar-refractivity contribution is 5.35. The van der Waals surface area contributed by atoms with Crippen LogP contribution in [0.1, 0.15) is 88.8 Å². The average molecular weight is 290 g/mol. The van der Waals surface area contributed by atoms with Gasteiger partial charge in [-0.25, -0.2) is 0 Å². The Bertz CT molecular complexity index is 393. The first-order valence-electron chi connectivity index (χ1n) is 8.89. The fraction of sp³-hybridized carbons (Fsp3) is 0.700. The van der Waals surface area contributed by atoms with Crippen LogP contribution in [-0.2, 0) is 6.42 Å². The molecule has 1 nitrogen and oxygen atoms in total. The summed E-state index contributed by atoms with van der Waals surface area (Å²) >= 11 is 0. The van der Waals surface area contributed by atoms with E-state index in [1.165, 1.54) is 44.2 Å². The molecule has 1 heteroatoms. The van der Waals surface area contributed by atoms with Crippen LogP contribution in [0.25, 0.3) is 0 Å². The lowest BCUT2D eigenvalue weighted by Crippen LogP contribution is -2.15. The molecule has 0 heterocycles. The van der Waals surface area contributed by atoms with E-state index in [-0.39, 0.29) is 0 Å². The number of hydrogen-bond donors (Lipinski definition) is 1. The summed E-state index contributed by atoms with van der Waals surface area (Å²) in [6, 6.07) is 7.14. The third-order valence-electron chi connectivity index (χ3n) is 4.19. The van der Waals surface area contributed by atoms with Gasteiger partial charge in [0, 0.05) is 0 Å². The van der Waals surface area contributed by atoms with E-state index in [0.29, 0.717) is 11.8 Å². The van der Waals surface area contributed by atoms with Crippen LogP contribution >= 0.6 is 0 Å². The standard InChI is InChI=1S/C20H35N/c1-6-13-21-14-9-7-8-10-18-11-12-19(16(2)3)15-20(18)17(4)5/h11-12,15-17,21H,6-10,13-14H2,1-5H3. The summed E-state index contributed by atoms with van der Waals surface area (Å²) in [4.78, 5) is 0. The van der Waals surface area contributed by atoms with Crippen LogP contribution in [0.15, 0.2) is 18.2 Å². The van der Waals surface area contributed by atoms with E-state index in [0.717, 1.165) is 6.54 Å². The maximum absolute atomic E-state index is 3.48. The van der Waals surface area contributed by atoms with Crippen molar-refractivity contribution in [1.82, 2.24) is 5.32 Å². The van der Waals surface area contributed by atoms with Crippen molar-refractivity contribution in [3.05, 3.63) is 34.9 Å². The molecule has 0 aliphatic carbocycles. The summed E-state index contributed by atoms with van der Waals surface area (Å²) in [5.74, 6) is 1.26. The highest BCUT2D eigenvalue weighted by Gasteiger charge is 2.09. The monoisotopic (exact) mass is 289 g/mol. The van der Waals surface area contributed by atoms with E-state index < -0.39 is 0 Å². The molecule has 1 N–H and O–H groups in total. The van der Waals surface area contributed by atoms with E-state index in [2.05, 4.69) is 58.1 Å². The van der Waals surface area contributed by atoms with E-state index >= 15 is 0 Å². The second kappa shape index (κ2) is 10.00. The van der Waals surface area contributed by atoms with Gasteiger partial charge in [-0.1, -0.05) is 59.2 Å². The lowest BCUT2D eigenvalue weighted by atomic mass is 9.89. The number of unbranched alkanes of at least 4 members (excludes halogenated alkanes) is 2. The topological polar surface area (TPSA) is 12.0 Å². The van der Waals surface area contributed by atoms with Crippen LogP contribution in [0.4, 0.5) is 0 Å². The van der Waals surface area contributed by atoms with Gasteiger partial charge in [0.25, 0.3) is 0 Å². The van der Waals surface area contributed by atoms with Gasteiger partial charge in [-0.3, -0.25) is 0 Å². The number of aryl methyl sites for hydroxylation is 1. The quantitative estimate of drug-likeness (QED) is 0.549. The Hall–Kier alpha value is -0.820. The molecule has 0 saturated carbocycles. The number of hydrogen-bond acceptors (Lipinski definition) is 1. The number of rotatable bonds is 10. The number of nitrogens with one attached hydrogen (secondary N) is 1. The second-order valence-electron chi connectivity index (χ2n) is 6.83. The molecule has 1 rings (SSSR count). The predicted molar refractivity (Wildman–Crippen MR) is 95.3 cm³/mol. The smallest absolute Gasteiger partial charge is 0.00489 e. The molecule has 0 radical (unpaired) electrons. The Morgan fingerprint density at radius 1 is 0.905 bits per heavy atom. The van der Waals surface area contributed by atoms with Gasteiger partial charge in [0.1, 0.15) is 0 Å². The maximum atomic E-state index is 3.48. The van der Waals surface area contributed by atoms with Crippen LogP contribution in [0.3, 0.4) is 0 Å². The molecule has 0 atom stereocenters. The van der Waals surface area contributed by atoms with Crippen LogP contribution in [0.5, 0.6) is 0 Å². The van der Waals surface area contributed by atoms with Crippen LogP contribution in [-0.4, -0.2) is 13.1 Å². The molecule has 0 aliphatic heterocycles. The van der Waals surface area contributed by atoms with Gasteiger partial charge in [-0.2, -0.15) is 0 Å². The van der Waals surface area contributed by atoms with E-state index in [1.807, 2.05) is 0 Å². The van der Waals surface area contributed by atoms with Crippen molar-refractivity contribution < 1.29 is 0 Å². The normalized spacial score (nSPS) is 11.6. The van der Waals surface area contributed by atoms with Crippen molar-refractivity contribution in [2.24, 2.45) is 0 Å². The summed E-state index contributed by atoms with van der Waals surface area (Å²) in [6.45, 7) is 13.8. The van der Waals surface area contributed by atoms with Gasteiger partial charge in [0.15, 0.2) is 0 Å². The molecular formula is C20H35N. The van der Waals surface area contributed by atoms with Gasteiger partial charge in [-0.05, 0) is 67.3 Å². The van der Waals surface area contributed by atoms with Gasteiger partial charge >= 0.3 is 0 Å². The molecule has 1 aromatic carbocycles. The molecule has 1 aromatic rings. The molecule has 21 heavy (non-hydrogen) atoms. The molecule has 0 bridgehead atoms. The summed E-state index contributed by atoms with van der Waals surface area (Å²) in [7, 11) is 0. The van der Waals surface area contributed by atoms with Crippen molar-refractivity contribution in [2.45, 2.75) is 78.6 Å². The first kappa shape index (κ1) is 18.2. The maximum Gasteiger partial charge on any atom is -0.00489 e. The largest absolute Gasteiger partial charge is 0.317 e. The second-order valence-corrected chi connectivity index (χ2v) is 6.83. The Balaban J connectivity index is 2.47. The predicted octanol–water partition coefficient (Wildman–Crippen LogP) is 5.65. The minimum atomic E-state index is 0.626. The third kappa shape index (κ3) is 6.65. The minimum Gasteiger partial charge on any atom is -0.317 e. The zero-order valence-electron chi connectivity index (χ0n) is 14.8. The molecule has 120 valence electrons. The Morgan fingerprint density at radius 3 is 2.29 bits per heavy atom. The number of benzene rings is 1. The molecule has 0 aromatic heterocycles. The zero-order chi connectivity index (χ0) is 15.7. The molecule has 0 fully saturated rings. The van der Waals surface area contributed by atoms with Crippen molar-refractivity contribution in [3.63, 3.8) is 0 Å². The zero-order valence-corrected chi connectivity index (χ0v) is 14.8. The SMILES string of the molecule is CCCNCCCCCc1ccc(C(C)C)cc1C(C)C. The molecule has 0 amide bonds. The Labute approximate surface area is 132 Å². The fourth-order valence-corrected chi connectivity index (χ4v) is 2.78. The van der Waals surface area contributed by atoms with E-state index in [9.17, 15) is 0 Å². The van der Waals surface area contributed by atoms with Crippen molar-refractivity contribution in [2.75, 3.05) is 13.1 Å². The molecule has 0 spiro atoms. The van der Waals surface area contributed by atoms with Crippen LogP contribution in [0, 0.1) is 0 Å². The van der Waals surface area contributed by atoms with Crippen molar-refractivity contribution in [1.29, 1.82) is 0 Å². The minimum absolute atomic E-state index is 0.626. The molecule has 0 aliphatic rings. The molecule has 0 unspecified atom stereocenters. The van der Waals surface area contributed by atoms with Crippen molar-refractivity contribution in [3.8, 4) is 0 Å². The highest BCUT2D eigenvalue weighted by Crippen LogP contribution is 2.26. The third-order valence-corrected chi connectivity index (χ3v) is 4.19. The Morgan fingerprint density at radius 2 is 1.67 bits per heavy atom. The summed E-state index contributed by atoms with van der Waals surface area (Å²) in [5, 5.41) is 3.48. The summed E-state index contributed by atoms with van der Waals surface area (Å²) in [5.41, 5.74) is 4.60. The first-order valence-corrected chi connectivity index (χ1v) is 8.89. The Kier molecular flexibility index (Phi) is 8.68. The summed E-state index contributed by atoms with van der Waals surface area (Å²) in [6.07, 6.45) is 6.43. The van der Waals surface area contributed by atoms with Gasteiger partial charge in [0.2, 0.25) is 0 Å². The fourth-order valence-electron chi connectivity index (χ4n) is 2.78.